The molecule has 3 aliphatic heterocycles. The molecule has 1 N–H and O–H groups in total. The summed E-state index contributed by atoms with van der Waals surface area (Å²) in [5.41, 5.74) is 1.98. The lowest BCUT2D eigenvalue weighted by Gasteiger charge is -2.31. The molecule has 0 spiro atoms. The Balaban J connectivity index is 1.35. The number of aromatic nitrogens is 2. The third kappa shape index (κ3) is 4.19. The molecule has 3 aliphatic rings. The Morgan fingerprint density at radius 3 is 2.61 bits per heavy atom. The first kappa shape index (κ1) is 27.3. The molecule has 214 valence electrons. The van der Waals surface area contributed by atoms with E-state index < -0.39 is 29.7 Å². The van der Waals surface area contributed by atoms with Gasteiger partial charge < -0.3 is 23.9 Å². The smallest absolute Gasteiger partial charge is 0.343 e. The van der Waals surface area contributed by atoms with Crippen molar-refractivity contribution in [3.63, 3.8) is 0 Å². The van der Waals surface area contributed by atoms with Crippen LogP contribution in [0.3, 0.4) is 0 Å². The van der Waals surface area contributed by atoms with E-state index in [4.69, 9.17) is 19.2 Å². The molecule has 10 heteroatoms. The summed E-state index contributed by atoms with van der Waals surface area (Å²) in [5.74, 6) is -1.15. The molecule has 1 fully saturated rings. The molecule has 0 amide bonds. The van der Waals surface area contributed by atoms with Gasteiger partial charge >= 0.3 is 11.9 Å². The molecule has 0 aliphatic carbocycles. The fraction of sp³-hybridized carbons (Fsp3) is 0.452. The van der Waals surface area contributed by atoms with Gasteiger partial charge in [0, 0.05) is 22.4 Å². The number of carbonyl (C=O) groups is 3. The highest BCUT2D eigenvalue weighted by Gasteiger charge is 2.45. The van der Waals surface area contributed by atoms with Gasteiger partial charge in [0.2, 0.25) is 0 Å². The molecule has 0 saturated carbocycles. The van der Waals surface area contributed by atoms with Crippen LogP contribution in [-0.4, -0.2) is 44.6 Å². The fourth-order valence-corrected chi connectivity index (χ4v) is 6.18. The number of hydrogen-bond donors (Lipinski definition) is 1. The highest BCUT2D eigenvalue weighted by Crippen LogP contribution is 2.41. The van der Waals surface area contributed by atoms with E-state index >= 15 is 0 Å². The van der Waals surface area contributed by atoms with Crippen LogP contribution in [0.1, 0.15) is 69.2 Å². The first-order chi connectivity index (χ1) is 19.6. The average Bonchev–Trinajstić information content (AvgIpc) is 3.59. The zero-order valence-corrected chi connectivity index (χ0v) is 23.5. The summed E-state index contributed by atoms with van der Waals surface area (Å²) in [6.07, 6.45) is 0.229. The van der Waals surface area contributed by atoms with Crippen LogP contribution in [0.15, 0.2) is 29.1 Å². The molecule has 6 rings (SSSR count). The number of aryl methyl sites for hydroxylation is 1. The molecule has 10 nitrogen and oxygen atoms in total. The zero-order chi connectivity index (χ0) is 29.2. The molecule has 2 unspecified atom stereocenters. The van der Waals surface area contributed by atoms with Crippen LogP contribution in [0.25, 0.3) is 22.3 Å². The minimum Gasteiger partial charge on any atom is -0.458 e. The van der Waals surface area contributed by atoms with Crippen molar-refractivity contribution in [2.75, 3.05) is 0 Å². The summed E-state index contributed by atoms with van der Waals surface area (Å²) in [4.78, 5) is 56.0. The maximum Gasteiger partial charge on any atom is 0.343 e. The van der Waals surface area contributed by atoms with Gasteiger partial charge in [0.25, 0.3) is 5.56 Å². The Morgan fingerprint density at radius 2 is 1.90 bits per heavy atom. The van der Waals surface area contributed by atoms with Gasteiger partial charge in [-0.2, -0.15) is 0 Å². The minimum absolute atomic E-state index is 0.0158. The van der Waals surface area contributed by atoms with Gasteiger partial charge in [-0.25, -0.2) is 14.6 Å². The molecule has 5 heterocycles. The monoisotopic (exact) mass is 560 g/mol. The Bertz CT molecular complexity index is 1690. The van der Waals surface area contributed by atoms with E-state index in [0.29, 0.717) is 41.9 Å². The van der Waals surface area contributed by atoms with E-state index in [1.165, 1.54) is 0 Å². The van der Waals surface area contributed by atoms with Crippen LogP contribution in [0.4, 0.5) is 0 Å². The number of fused-ring (bicyclic) bond motifs is 5. The van der Waals surface area contributed by atoms with Gasteiger partial charge in [0.15, 0.2) is 17.5 Å². The van der Waals surface area contributed by atoms with Crippen LogP contribution in [-0.2, 0) is 49.0 Å². The number of aliphatic hydroxyl groups is 1. The van der Waals surface area contributed by atoms with Crippen molar-refractivity contribution in [3.05, 3.63) is 56.9 Å². The number of ketones is 1. The summed E-state index contributed by atoms with van der Waals surface area (Å²) < 4.78 is 18.2. The molecule has 2 aromatic heterocycles. The van der Waals surface area contributed by atoms with Crippen molar-refractivity contribution < 1.29 is 33.7 Å². The number of cyclic esters (lactones) is 1. The Kier molecular flexibility index (Phi) is 6.58. The molecule has 0 bridgehead atoms. The van der Waals surface area contributed by atoms with Crippen molar-refractivity contribution in [2.45, 2.75) is 84.3 Å². The number of benzene rings is 1. The predicted molar refractivity (Wildman–Crippen MR) is 147 cm³/mol. The largest absolute Gasteiger partial charge is 0.458 e. The predicted octanol–water partition coefficient (Wildman–Crippen LogP) is 3.32. The van der Waals surface area contributed by atoms with Crippen molar-refractivity contribution in [1.82, 2.24) is 9.55 Å². The van der Waals surface area contributed by atoms with E-state index in [2.05, 4.69) is 0 Å². The number of hydrogen-bond acceptors (Lipinski definition) is 9. The van der Waals surface area contributed by atoms with Crippen LogP contribution in [0.2, 0.25) is 0 Å². The number of Topliss-reactive ketones (excluding diaryl/α,β-unsaturated/α-hetero) is 1. The zero-order valence-electron chi connectivity index (χ0n) is 23.5. The van der Waals surface area contributed by atoms with E-state index in [0.717, 1.165) is 16.5 Å². The van der Waals surface area contributed by atoms with E-state index in [9.17, 15) is 24.3 Å². The van der Waals surface area contributed by atoms with Crippen LogP contribution in [0.5, 0.6) is 5.75 Å². The molecular formula is C31H32N2O8. The second-order valence-electron chi connectivity index (χ2n) is 11.2. The summed E-state index contributed by atoms with van der Waals surface area (Å²) in [6, 6.07) is 6.88. The van der Waals surface area contributed by atoms with Crippen molar-refractivity contribution >= 4 is 28.6 Å². The molecule has 41 heavy (non-hydrogen) atoms. The Labute approximate surface area is 236 Å². The van der Waals surface area contributed by atoms with Gasteiger partial charge in [-0.3, -0.25) is 9.59 Å². The van der Waals surface area contributed by atoms with Gasteiger partial charge in [0.1, 0.15) is 18.5 Å². The quantitative estimate of drug-likeness (QED) is 0.278. The second-order valence-corrected chi connectivity index (χ2v) is 11.2. The fourth-order valence-electron chi connectivity index (χ4n) is 6.18. The first-order valence-electron chi connectivity index (χ1n) is 14.1. The normalized spacial score (nSPS) is 22.8. The van der Waals surface area contributed by atoms with Crippen molar-refractivity contribution in [2.24, 2.45) is 5.92 Å². The summed E-state index contributed by atoms with van der Waals surface area (Å²) in [7, 11) is 0. The lowest BCUT2D eigenvalue weighted by molar-refractivity contribution is -0.172. The number of carbonyl (C=O) groups excluding carboxylic acids is 3. The number of ether oxygens (including phenoxy) is 3. The summed E-state index contributed by atoms with van der Waals surface area (Å²) in [6.45, 7) is 7.40. The van der Waals surface area contributed by atoms with Crippen molar-refractivity contribution in [3.8, 4) is 17.1 Å². The van der Waals surface area contributed by atoms with Gasteiger partial charge in [0.05, 0.1) is 29.0 Å². The van der Waals surface area contributed by atoms with E-state index in [1.54, 1.807) is 35.8 Å². The topological polar surface area (TPSA) is 134 Å². The highest BCUT2D eigenvalue weighted by atomic mass is 16.6. The molecule has 3 atom stereocenters. The number of rotatable bonds is 6. The number of nitrogens with zero attached hydrogens (tertiary/aromatic N) is 2. The standard InChI is InChI=1S/C31H32N2O8/c1-5-17-18-11-16(40-29(36)25-10-9-24(41-25)27(34)15(3)4)7-8-22(18)32-26-19(17)13-33-23(26)12-21-20(28(33)35)14-39-30(37)31(21,38)6-2/h7-8,11-12,15,24-25,38H,5-6,9-10,13-14H2,1-4H3/t24?,25?,31-/m0/s1. The first-order valence-corrected chi connectivity index (χ1v) is 14.1. The molecule has 1 saturated heterocycles. The van der Waals surface area contributed by atoms with Gasteiger partial charge in [-0.15, -0.1) is 0 Å². The lowest BCUT2D eigenvalue weighted by Crippen LogP contribution is -2.44. The molecule has 1 aromatic carbocycles. The highest BCUT2D eigenvalue weighted by molar-refractivity contribution is 5.91. The number of esters is 2. The van der Waals surface area contributed by atoms with Crippen molar-refractivity contribution in [1.29, 1.82) is 0 Å². The summed E-state index contributed by atoms with van der Waals surface area (Å²) >= 11 is 0. The van der Waals surface area contributed by atoms with E-state index in [1.807, 2.05) is 20.8 Å². The number of pyridine rings is 2. The summed E-state index contributed by atoms with van der Waals surface area (Å²) in [5, 5.41) is 11.9. The second kappa shape index (κ2) is 9.88. The van der Waals surface area contributed by atoms with Crippen LogP contribution in [0, 0.1) is 5.92 Å². The maximum absolute atomic E-state index is 13.5. The Hall–Kier alpha value is -3.89. The molecular weight excluding hydrogens is 528 g/mol. The van der Waals surface area contributed by atoms with Gasteiger partial charge in [-0.1, -0.05) is 27.7 Å². The van der Waals surface area contributed by atoms with Gasteiger partial charge in [-0.05, 0) is 55.5 Å². The SMILES string of the molecule is CCc1c2c(nc3ccc(OC(=O)C4CCC(C(=O)C(C)C)O4)cc13)-c1cc3c(c(=O)n1C2)COC(=O)[C@]3(O)CC. The molecule has 3 aromatic rings. The Morgan fingerprint density at radius 1 is 1.15 bits per heavy atom. The lowest BCUT2D eigenvalue weighted by atomic mass is 9.86. The molecule has 0 radical (unpaired) electrons. The maximum atomic E-state index is 13.5. The average molecular weight is 561 g/mol. The van der Waals surface area contributed by atoms with E-state index in [-0.39, 0.29) is 48.0 Å². The third-order valence-corrected chi connectivity index (χ3v) is 8.52. The van der Waals surface area contributed by atoms with Crippen LogP contribution < -0.4 is 10.3 Å². The third-order valence-electron chi connectivity index (χ3n) is 8.52. The van der Waals surface area contributed by atoms with Crippen LogP contribution >= 0.6 is 0 Å². The minimum atomic E-state index is -1.89.